The molecule has 0 saturated carbocycles. The van der Waals surface area contributed by atoms with Gasteiger partial charge in [0.2, 0.25) is 0 Å². The lowest BCUT2D eigenvalue weighted by Crippen LogP contribution is -1.96. The van der Waals surface area contributed by atoms with Crippen molar-refractivity contribution in [3.05, 3.63) is 54.1 Å². The van der Waals surface area contributed by atoms with E-state index in [9.17, 15) is 9.50 Å². The first kappa shape index (κ1) is 12.6. The summed E-state index contributed by atoms with van der Waals surface area (Å²) in [5.74, 6) is 1.28. The van der Waals surface area contributed by atoms with Gasteiger partial charge in [-0.25, -0.2) is 9.37 Å². The van der Waals surface area contributed by atoms with Crippen molar-refractivity contribution in [2.75, 3.05) is 0 Å². The number of halogens is 1. The molecule has 0 amide bonds. The lowest BCUT2D eigenvalue weighted by atomic mass is 10.3. The molecule has 0 bridgehead atoms. The van der Waals surface area contributed by atoms with Crippen molar-refractivity contribution in [1.29, 1.82) is 0 Å². The first-order chi connectivity index (χ1) is 9.67. The van der Waals surface area contributed by atoms with Crippen molar-refractivity contribution < 1.29 is 14.2 Å². The fraction of sp³-hybridized carbons (Fsp3) is 0.133. The van der Waals surface area contributed by atoms with E-state index in [-0.39, 0.29) is 12.4 Å². The fourth-order valence-corrected chi connectivity index (χ4v) is 2.09. The SMILES string of the molecule is Cn1c(CO)nc2ccc(Oc3cccc(F)c3)cc21. The smallest absolute Gasteiger partial charge is 0.135 e. The van der Waals surface area contributed by atoms with Crippen LogP contribution in [0.2, 0.25) is 0 Å². The van der Waals surface area contributed by atoms with Crippen LogP contribution >= 0.6 is 0 Å². The van der Waals surface area contributed by atoms with E-state index in [1.54, 1.807) is 22.8 Å². The van der Waals surface area contributed by atoms with Crippen molar-refractivity contribution in [3.8, 4) is 11.5 Å². The van der Waals surface area contributed by atoms with Crippen LogP contribution in [0.5, 0.6) is 11.5 Å². The zero-order valence-corrected chi connectivity index (χ0v) is 10.9. The molecule has 0 radical (unpaired) electrons. The molecule has 0 aliphatic heterocycles. The van der Waals surface area contributed by atoms with E-state index in [4.69, 9.17) is 4.74 Å². The number of aliphatic hydroxyl groups is 1. The molecule has 2 aromatic carbocycles. The molecule has 0 fully saturated rings. The van der Waals surface area contributed by atoms with Crippen LogP contribution in [0, 0.1) is 5.82 Å². The van der Waals surface area contributed by atoms with E-state index in [2.05, 4.69) is 4.98 Å². The fourth-order valence-electron chi connectivity index (χ4n) is 2.09. The third kappa shape index (κ3) is 2.23. The molecule has 4 nitrogen and oxygen atoms in total. The Labute approximate surface area is 115 Å². The topological polar surface area (TPSA) is 47.3 Å². The van der Waals surface area contributed by atoms with E-state index >= 15 is 0 Å². The van der Waals surface area contributed by atoms with Gasteiger partial charge in [-0.05, 0) is 24.3 Å². The van der Waals surface area contributed by atoms with E-state index in [0.29, 0.717) is 17.3 Å². The van der Waals surface area contributed by atoms with Crippen LogP contribution in [-0.4, -0.2) is 14.7 Å². The second-order valence-electron chi connectivity index (χ2n) is 4.46. The minimum Gasteiger partial charge on any atom is -0.457 e. The van der Waals surface area contributed by atoms with Gasteiger partial charge in [0.15, 0.2) is 0 Å². The molecule has 0 aliphatic rings. The predicted molar refractivity (Wildman–Crippen MR) is 73.1 cm³/mol. The first-order valence-electron chi connectivity index (χ1n) is 6.17. The normalized spacial score (nSPS) is 10.9. The van der Waals surface area contributed by atoms with Gasteiger partial charge in [0.1, 0.15) is 29.7 Å². The maximum atomic E-state index is 13.1. The summed E-state index contributed by atoms with van der Waals surface area (Å²) < 4.78 is 20.5. The Kier molecular flexibility index (Phi) is 3.12. The first-order valence-corrected chi connectivity index (χ1v) is 6.17. The summed E-state index contributed by atoms with van der Waals surface area (Å²) in [7, 11) is 1.83. The number of imidazole rings is 1. The summed E-state index contributed by atoms with van der Waals surface area (Å²) in [6, 6.07) is 11.4. The number of benzene rings is 2. The molecule has 0 atom stereocenters. The monoisotopic (exact) mass is 272 g/mol. The third-order valence-electron chi connectivity index (χ3n) is 3.12. The van der Waals surface area contributed by atoms with E-state index in [0.717, 1.165) is 11.0 Å². The molecule has 5 heteroatoms. The van der Waals surface area contributed by atoms with Crippen LogP contribution < -0.4 is 4.74 Å². The Hall–Kier alpha value is -2.40. The molecule has 1 N–H and O–H groups in total. The highest BCUT2D eigenvalue weighted by atomic mass is 19.1. The highest BCUT2D eigenvalue weighted by Gasteiger charge is 2.08. The van der Waals surface area contributed by atoms with Crippen LogP contribution in [0.3, 0.4) is 0 Å². The summed E-state index contributed by atoms with van der Waals surface area (Å²) in [4.78, 5) is 4.29. The zero-order chi connectivity index (χ0) is 14.1. The summed E-state index contributed by atoms with van der Waals surface area (Å²) in [5.41, 5.74) is 1.63. The number of hydrogen-bond acceptors (Lipinski definition) is 3. The molecule has 0 unspecified atom stereocenters. The second kappa shape index (κ2) is 4.94. The second-order valence-corrected chi connectivity index (χ2v) is 4.46. The van der Waals surface area contributed by atoms with Gasteiger partial charge in [0.25, 0.3) is 0 Å². The van der Waals surface area contributed by atoms with Crippen LogP contribution in [0.4, 0.5) is 4.39 Å². The third-order valence-corrected chi connectivity index (χ3v) is 3.12. The summed E-state index contributed by atoms with van der Waals surface area (Å²) in [5, 5.41) is 9.20. The van der Waals surface area contributed by atoms with Gasteiger partial charge in [0, 0.05) is 19.2 Å². The van der Waals surface area contributed by atoms with Gasteiger partial charge in [-0.2, -0.15) is 0 Å². The molecule has 1 aromatic heterocycles. The van der Waals surface area contributed by atoms with Crippen LogP contribution in [0.25, 0.3) is 11.0 Å². The van der Waals surface area contributed by atoms with Gasteiger partial charge < -0.3 is 14.4 Å². The van der Waals surface area contributed by atoms with Crippen molar-refractivity contribution in [3.63, 3.8) is 0 Å². The standard InChI is InChI=1S/C15H13FN2O2/c1-18-14-8-12(5-6-13(14)17-15(18)9-19)20-11-4-2-3-10(16)7-11/h2-8,19H,9H2,1H3. The van der Waals surface area contributed by atoms with Crippen molar-refractivity contribution in [2.45, 2.75) is 6.61 Å². The molecule has 3 aromatic rings. The number of fused-ring (bicyclic) bond motifs is 1. The molecule has 1 heterocycles. The number of nitrogens with zero attached hydrogens (tertiary/aromatic N) is 2. The lowest BCUT2D eigenvalue weighted by molar-refractivity contribution is 0.268. The number of ether oxygens (including phenoxy) is 1. The maximum absolute atomic E-state index is 13.1. The lowest BCUT2D eigenvalue weighted by Gasteiger charge is -2.06. The Morgan fingerprint density at radius 2 is 2.00 bits per heavy atom. The molecular weight excluding hydrogens is 259 g/mol. The van der Waals surface area contributed by atoms with Crippen LogP contribution in [0.1, 0.15) is 5.82 Å². The molecule has 0 aliphatic carbocycles. The summed E-state index contributed by atoms with van der Waals surface area (Å²) in [6.45, 7) is -0.120. The van der Waals surface area contributed by atoms with Gasteiger partial charge in [-0.1, -0.05) is 6.07 Å². The minimum atomic E-state index is -0.341. The van der Waals surface area contributed by atoms with Gasteiger partial charge in [-0.15, -0.1) is 0 Å². The Bertz CT molecular complexity index is 768. The van der Waals surface area contributed by atoms with Crippen molar-refractivity contribution in [1.82, 2.24) is 9.55 Å². The average Bonchev–Trinajstić information content (AvgIpc) is 2.75. The summed E-state index contributed by atoms with van der Waals surface area (Å²) in [6.07, 6.45) is 0. The molecule has 20 heavy (non-hydrogen) atoms. The minimum absolute atomic E-state index is 0.120. The largest absolute Gasteiger partial charge is 0.457 e. The maximum Gasteiger partial charge on any atom is 0.135 e. The highest BCUT2D eigenvalue weighted by Crippen LogP contribution is 2.26. The van der Waals surface area contributed by atoms with E-state index in [1.165, 1.54) is 12.1 Å². The Balaban J connectivity index is 1.98. The van der Waals surface area contributed by atoms with E-state index < -0.39 is 0 Å². The predicted octanol–water partition coefficient (Wildman–Crippen LogP) is 3.00. The zero-order valence-electron chi connectivity index (χ0n) is 10.9. The molecule has 3 rings (SSSR count). The van der Waals surface area contributed by atoms with Crippen molar-refractivity contribution >= 4 is 11.0 Å². The Morgan fingerprint density at radius 3 is 2.75 bits per heavy atom. The quantitative estimate of drug-likeness (QED) is 0.797. The highest BCUT2D eigenvalue weighted by molar-refractivity contribution is 5.77. The number of hydrogen-bond donors (Lipinski definition) is 1. The Morgan fingerprint density at radius 1 is 1.20 bits per heavy atom. The molecule has 0 saturated heterocycles. The van der Waals surface area contributed by atoms with Gasteiger partial charge >= 0.3 is 0 Å². The number of aromatic nitrogens is 2. The molecule has 0 spiro atoms. The van der Waals surface area contributed by atoms with Crippen molar-refractivity contribution in [2.24, 2.45) is 7.05 Å². The summed E-state index contributed by atoms with van der Waals surface area (Å²) >= 11 is 0. The van der Waals surface area contributed by atoms with Gasteiger partial charge in [0.05, 0.1) is 11.0 Å². The van der Waals surface area contributed by atoms with Gasteiger partial charge in [-0.3, -0.25) is 0 Å². The van der Waals surface area contributed by atoms with Crippen LogP contribution in [-0.2, 0) is 13.7 Å². The number of aliphatic hydroxyl groups excluding tert-OH is 1. The van der Waals surface area contributed by atoms with Crippen LogP contribution in [0.15, 0.2) is 42.5 Å². The molecule has 102 valence electrons. The number of rotatable bonds is 3. The number of aryl methyl sites for hydroxylation is 1. The average molecular weight is 272 g/mol. The van der Waals surface area contributed by atoms with E-state index in [1.807, 2.05) is 19.2 Å². The molecular formula is C15H13FN2O2.